The van der Waals surface area contributed by atoms with Gasteiger partial charge in [-0.25, -0.2) is 0 Å². The second kappa shape index (κ2) is 5.51. The molecule has 1 N–H and O–H groups in total. The van der Waals surface area contributed by atoms with Crippen molar-refractivity contribution in [2.24, 2.45) is 5.92 Å². The first kappa shape index (κ1) is 12.9. The Morgan fingerprint density at radius 1 is 1.05 bits per heavy atom. The van der Waals surface area contributed by atoms with Crippen LogP contribution in [0.1, 0.15) is 57.8 Å². The maximum atomic E-state index is 12.2. The molecule has 4 nitrogen and oxygen atoms in total. The van der Waals surface area contributed by atoms with Crippen LogP contribution in [0.3, 0.4) is 0 Å². The summed E-state index contributed by atoms with van der Waals surface area (Å²) in [6, 6.07) is 0.778. The second-order valence-electron chi connectivity index (χ2n) is 6.38. The van der Waals surface area contributed by atoms with E-state index >= 15 is 0 Å². The minimum Gasteiger partial charge on any atom is -0.353 e. The molecular weight excluding hydrogens is 240 g/mol. The van der Waals surface area contributed by atoms with Crippen molar-refractivity contribution in [2.75, 3.05) is 6.54 Å². The van der Waals surface area contributed by atoms with Crippen molar-refractivity contribution in [1.29, 1.82) is 0 Å². The highest BCUT2D eigenvalue weighted by Gasteiger charge is 2.39. The number of likely N-dealkylation sites (tertiary alicyclic amines) is 1. The monoisotopic (exact) mass is 264 g/mol. The highest BCUT2D eigenvalue weighted by molar-refractivity contribution is 5.89. The van der Waals surface area contributed by atoms with E-state index in [1.54, 1.807) is 0 Å². The van der Waals surface area contributed by atoms with Crippen molar-refractivity contribution >= 4 is 11.8 Å². The lowest BCUT2D eigenvalue weighted by Gasteiger charge is -2.24. The molecule has 106 valence electrons. The first-order valence-electron chi connectivity index (χ1n) is 7.84. The summed E-state index contributed by atoms with van der Waals surface area (Å²) in [5.41, 5.74) is 0. The first-order chi connectivity index (χ1) is 9.24. The molecule has 4 heteroatoms. The molecule has 2 saturated carbocycles. The van der Waals surface area contributed by atoms with E-state index in [2.05, 4.69) is 5.32 Å². The van der Waals surface area contributed by atoms with Gasteiger partial charge in [0, 0.05) is 25.0 Å². The molecule has 3 fully saturated rings. The van der Waals surface area contributed by atoms with E-state index in [4.69, 9.17) is 0 Å². The van der Waals surface area contributed by atoms with Crippen LogP contribution in [0.15, 0.2) is 0 Å². The third-order valence-electron chi connectivity index (χ3n) is 5.00. The highest BCUT2D eigenvalue weighted by atomic mass is 16.2. The van der Waals surface area contributed by atoms with Gasteiger partial charge in [-0.15, -0.1) is 0 Å². The van der Waals surface area contributed by atoms with Gasteiger partial charge in [0.2, 0.25) is 11.8 Å². The van der Waals surface area contributed by atoms with E-state index in [9.17, 15) is 9.59 Å². The van der Waals surface area contributed by atoms with Gasteiger partial charge in [-0.2, -0.15) is 0 Å². The number of amides is 2. The Bertz CT molecular complexity index is 357. The summed E-state index contributed by atoms with van der Waals surface area (Å²) in [5, 5.41) is 3.13. The molecule has 3 rings (SSSR count). The number of nitrogens with one attached hydrogen (secondary N) is 1. The minimum absolute atomic E-state index is 0.103. The molecule has 0 aromatic carbocycles. The molecule has 19 heavy (non-hydrogen) atoms. The van der Waals surface area contributed by atoms with Crippen LogP contribution in [0.25, 0.3) is 0 Å². The number of rotatable bonds is 3. The Kier molecular flexibility index (Phi) is 3.76. The van der Waals surface area contributed by atoms with Crippen LogP contribution < -0.4 is 5.32 Å². The number of hydrogen-bond acceptors (Lipinski definition) is 2. The van der Waals surface area contributed by atoms with Gasteiger partial charge in [0.05, 0.1) is 5.92 Å². The Hall–Kier alpha value is -1.06. The van der Waals surface area contributed by atoms with Crippen molar-refractivity contribution in [3.8, 4) is 0 Å². The van der Waals surface area contributed by atoms with Gasteiger partial charge in [0.25, 0.3) is 0 Å². The lowest BCUT2D eigenvalue weighted by Crippen LogP contribution is -2.39. The summed E-state index contributed by atoms with van der Waals surface area (Å²) in [4.78, 5) is 26.3. The molecule has 2 amide bonds. The van der Waals surface area contributed by atoms with Crippen molar-refractivity contribution in [1.82, 2.24) is 10.2 Å². The van der Waals surface area contributed by atoms with Gasteiger partial charge in [-0.1, -0.05) is 25.7 Å². The molecule has 1 aliphatic heterocycles. The van der Waals surface area contributed by atoms with Crippen molar-refractivity contribution in [2.45, 2.75) is 69.9 Å². The molecule has 1 saturated heterocycles. The topological polar surface area (TPSA) is 49.4 Å². The first-order valence-corrected chi connectivity index (χ1v) is 7.84. The number of nitrogens with zero attached hydrogens (tertiary/aromatic N) is 1. The van der Waals surface area contributed by atoms with Gasteiger partial charge >= 0.3 is 0 Å². The van der Waals surface area contributed by atoms with E-state index in [1.807, 2.05) is 4.90 Å². The van der Waals surface area contributed by atoms with Crippen LogP contribution >= 0.6 is 0 Å². The van der Waals surface area contributed by atoms with Crippen molar-refractivity contribution in [3.05, 3.63) is 0 Å². The van der Waals surface area contributed by atoms with Crippen LogP contribution in [0.4, 0.5) is 0 Å². The van der Waals surface area contributed by atoms with Crippen LogP contribution in [-0.4, -0.2) is 35.3 Å². The molecule has 1 heterocycles. The molecule has 2 aliphatic carbocycles. The zero-order chi connectivity index (χ0) is 13.2. The minimum atomic E-state index is -0.103. The fraction of sp³-hybridized carbons (Fsp3) is 0.867. The smallest absolute Gasteiger partial charge is 0.225 e. The third-order valence-corrected chi connectivity index (χ3v) is 5.00. The standard InChI is InChI=1S/C15H24N2O2/c18-14-9-11(10-17(14)13-7-3-4-8-13)15(19)16-12-5-1-2-6-12/h11-13H,1-10H2,(H,16,19)/t11-/m1/s1. The van der Waals surface area contributed by atoms with Crippen LogP contribution in [0, 0.1) is 5.92 Å². The quantitative estimate of drug-likeness (QED) is 0.845. The lowest BCUT2D eigenvalue weighted by molar-refractivity contribution is -0.130. The number of carbonyl (C=O) groups excluding carboxylic acids is 2. The Labute approximate surface area is 114 Å². The fourth-order valence-corrected chi connectivity index (χ4v) is 3.87. The molecule has 0 spiro atoms. The predicted octanol–water partition coefficient (Wildman–Crippen LogP) is 1.84. The molecule has 1 atom stereocenters. The van der Waals surface area contributed by atoms with Gasteiger partial charge in [-0.3, -0.25) is 9.59 Å². The average molecular weight is 264 g/mol. The van der Waals surface area contributed by atoms with Crippen molar-refractivity contribution < 1.29 is 9.59 Å². The summed E-state index contributed by atoms with van der Waals surface area (Å²) in [5.74, 6) is 0.202. The number of hydrogen-bond donors (Lipinski definition) is 1. The Balaban J connectivity index is 1.54. The van der Waals surface area contributed by atoms with Gasteiger partial charge in [-0.05, 0) is 25.7 Å². The van der Waals surface area contributed by atoms with E-state index in [0.29, 0.717) is 25.0 Å². The van der Waals surface area contributed by atoms with Crippen LogP contribution in [-0.2, 0) is 9.59 Å². The van der Waals surface area contributed by atoms with E-state index in [1.165, 1.54) is 25.7 Å². The molecule has 0 aromatic heterocycles. The largest absolute Gasteiger partial charge is 0.353 e. The summed E-state index contributed by atoms with van der Waals surface area (Å²) in [6.45, 7) is 0.655. The van der Waals surface area contributed by atoms with Crippen LogP contribution in [0.5, 0.6) is 0 Å². The number of carbonyl (C=O) groups is 2. The zero-order valence-electron chi connectivity index (χ0n) is 11.6. The lowest BCUT2D eigenvalue weighted by atomic mass is 10.1. The highest BCUT2D eigenvalue weighted by Crippen LogP contribution is 2.29. The molecule has 0 aromatic rings. The zero-order valence-corrected chi connectivity index (χ0v) is 11.6. The molecule has 3 aliphatic rings. The van der Waals surface area contributed by atoms with Gasteiger partial charge in [0.15, 0.2) is 0 Å². The Morgan fingerprint density at radius 3 is 2.37 bits per heavy atom. The van der Waals surface area contributed by atoms with E-state index < -0.39 is 0 Å². The summed E-state index contributed by atoms with van der Waals surface area (Å²) < 4.78 is 0. The fourth-order valence-electron chi connectivity index (χ4n) is 3.87. The second-order valence-corrected chi connectivity index (χ2v) is 6.38. The maximum absolute atomic E-state index is 12.2. The predicted molar refractivity (Wildman–Crippen MR) is 72.5 cm³/mol. The van der Waals surface area contributed by atoms with Gasteiger partial charge in [0.1, 0.15) is 0 Å². The molecular formula is C15H24N2O2. The summed E-state index contributed by atoms with van der Waals surface area (Å²) >= 11 is 0. The summed E-state index contributed by atoms with van der Waals surface area (Å²) in [6.07, 6.45) is 9.81. The summed E-state index contributed by atoms with van der Waals surface area (Å²) in [7, 11) is 0. The maximum Gasteiger partial charge on any atom is 0.225 e. The molecule has 0 unspecified atom stereocenters. The van der Waals surface area contributed by atoms with Crippen molar-refractivity contribution in [3.63, 3.8) is 0 Å². The molecule has 0 bridgehead atoms. The molecule has 0 radical (unpaired) electrons. The van der Waals surface area contributed by atoms with E-state index in [0.717, 1.165) is 25.7 Å². The van der Waals surface area contributed by atoms with E-state index in [-0.39, 0.29) is 17.7 Å². The third kappa shape index (κ3) is 2.77. The SMILES string of the molecule is O=C(NC1CCCC1)[C@@H]1CC(=O)N(C2CCCC2)C1. The van der Waals surface area contributed by atoms with Crippen LogP contribution in [0.2, 0.25) is 0 Å². The average Bonchev–Trinajstić information content (AvgIpc) is 3.07. The Morgan fingerprint density at radius 2 is 1.68 bits per heavy atom. The normalized spacial score (nSPS) is 29.4. The van der Waals surface area contributed by atoms with Gasteiger partial charge < -0.3 is 10.2 Å².